The molecule has 0 heterocycles. The zero-order valence-electron chi connectivity index (χ0n) is 8.05. The maximum atomic E-state index is 5.82. The number of hydrogen-bond acceptors (Lipinski definition) is 2. The first-order chi connectivity index (χ1) is 4.98. The van der Waals surface area contributed by atoms with Gasteiger partial charge in [0.15, 0.2) is 0 Å². The molecule has 0 amide bonds. The van der Waals surface area contributed by atoms with E-state index in [4.69, 9.17) is 4.43 Å². The predicted octanol–water partition coefficient (Wildman–Crippen LogP) is 0.628. The van der Waals surface area contributed by atoms with Crippen LogP contribution in [-0.4, -0.2) is 63.0 Å². The number of hydrogen-bond donors (Lipinski definition) is 0. The quantitative estimate of drug-likeness (QED) is 0.685. The van der Waals surface area contributed by atoms with E-state index in [1.54, 1.807) is 0 Å². The summed E-state index contributed by atoms with van der Waals surface area (Å²) in [6.07, 6.45) is 0. The molecule has 11 heavy (non-hydrogen) atoms. The summed E-state index contributed by atoms with van der Waals surface area (Å²) < 4.78 is 7.16. The molecular formula is C7H19NOSiSn. The summed E-state index contributed by atoms with van der Waals surface area (Å²) >= 11 is 1.34. The Labute approximate surface area is 84.5 Å². The molecule has 0 spiro atoms. The van der Waals surface area contributed by atoms with E-state index in [2.05, 4.69) is 32.1 Å². The van der Waals surface area contributed by atoms with E-state index in [9.17, 15) is 0 Å². The molecule has 0 aliphatic rings. The summed E-state index contributed by atoms with van der Waals surface area (Å²) in [5.74, 6) is 0. The number of likely N-dealkylation sites (N-methyl/N-ethyl adjacent to an activating group) is 1. The molecule has 2 radical (unpaired) electrons. The Morgan fingerprint density at radius 2 is 1.91 bits per heavy atom. The molecular weight excluding hydrogens is 261 g/mol. The van der Waals surface area contributed by atoms with E-state index in [0.717, 1.165) is 13.2 Å². The predicted molar refractivity (Wildman–Crippen MR) is 53.9 cm³/mol. The van der Waals surface area contributed by atoms with Gasteiger partial charge >= 0.3 is 84.6 Å². The molecule has 0 bridgehead atoms. The van der Waals surface area contributed by atoms with E-state index >= 15 is 0 Å². The van der Waals surface area contributed by atoms with Crippen LogP contribution in [0.5, 0.6) is 0 Å². The summed E-state index contributed by atoms with van der Waals surface area (Å²) in [6.45, 7) is 6.56. The molecule has 0 atom stereocenters. The van der Waals surface area contributed by atoms with E-state index in [1.165, 1.54) is 26.6 Å². The number of nitrogens with zero attached hydrogens (tertiary/aromatic N) is 1. The van der Waals surface area contributed by atoms with Gasteiger partial charge in [-0.3, -0.25) is 0 Å². The van der Waals surface area contributed by atoms with Crippen LogP contribution in [0.4, 0.5) is 0 Å². The topological polar surface area (TPSA) is 12.5 Å². The summed E-state index contributed by atoms with van der Waals surface area (Å²) in [5.41, 5.74) is 0. The van der Waals surface area contributed by atoms with Crippen LogP contribution >= 0.6 is 0 Å². The van der Waals surface area contributed by atoms with Crippen LogP contribution in [0.2, 0.25) is 17.2 Å². The van der Waals surface area contributed by atoms with Crippen molar-refractivity contribution in [1.82, 2.24) is 4.90 Å². The third-order valence-corrected chi connectivity index (χ3v) is 11.9. The van der Waals surface area contributed by atoms with Gasteiger partial charge in [-0.25, -0.2) is 0 Å². The molecule has 0 aliphatic heterocycles. The van der Waals surface area contributed by atoms with Gasteiger partial charge in [-0.05, 0) is 0 Å². The third kappa shape index (κ3) is 7.30. The summed E-state index contributed by atoms with van der Waals surface area (Å²) in [7, 11) is 2.95. The Balaban J connectivity index is 3.38. The SMILES string of the molecule is CN(C)CCO[Si](C)(C)[CH2][SnH]. The van der Waals surface area contributed by atoms with Gasteiger partial charge in [0.25, 0.3) is 0 Å². The van der Waals surface area contributed by atoms with Crippen LogP contribution in [0.3, 0.4) is 0 Å². The molecule has 0 aliphatic carbocycles. The second-order valence-electron chi connectivity index (χ2n) is 3.62. The van der Waals surface area contributed by atoms with Crippen molar-refractivity contribution in [3.8, 4) is 0 Å². The van der Waals surface area contributed by atoms with Crippen LogP contribution in [0.15, 0.2) is 0 Å². The molecule has 0 aromatic rings. The summed E-state index contributed by atoms with van der Waals surface area (Å²) in [6, 6.07) is 0. The fourth-order valence-corrected chi connectivity index (χ4v) is 2.33. The van der Waals surface area contributed by atoms with Gasteiger partial charge in [-0.1, -0.05) is 0 Å². The van der Waals surface area contributed by atoms with Gasteiger partial charge in [0, 0.05) is 0 Å². The second kappa shape index (κ2) is 5.56. The molecule has 0 fully saturated rings. The minimum atomic E-state index is -1.21. The van der Waals surface area contributed by atoms with Crippen molar-refractivity contribution >= 4 is 30.8 Å². The monoisotopic (exact) mass is 281 g/mol. The summed E-state index contributed by atoms with van der Waals surface area (Å²) in [4.78, 5) is 2.16. The Kier molecular flexibility index (Phi) is 6.03. The third-order valence-electron chi connectivity index (χ3n) is 1.52. The first-order valence-corrected chi connectivity index (χ1v) is 9.41. The van der Waals surface area contributed by atoms with Crippen LogP contribution in [0.25, 0.3) is 0 Å². The van der Waals surface area contributed by atoms with E-state index in [1.807, 2.05) is 0 Å². The van der Waals surface area contributed by atoms with Crippen LogP contribution in [0, 0.1) is 0 Å². The van der Waals surface area contributed by atoms with Crippen LogP contribution < -0.4 is 0 Å². The molecule has 0 aromatic heterocycles. The average Bonchev–Trinajstić information content (AvgIpc) is 1.87. The average molecular weight is 280 g/mol. The Morgan fingerprint density at radius 3 is 2.27 bits per heavy atom. The molecule has 0 unspecified atom stereocenters. The molecule has 0 N–H and O–H groups in total. The van der Waals surface area contributed by atoms with Crippen LogP contribution in [-0.2, 0) is 4.43 Å². The first kappa shape index (κ1) is 11.9. The molecule has 66 valence electrons. The van der Waals surface area contributed by atoms with Gasteiger partial charge in [-0.15, -0.1) is 0 Å². The zero-order chi connectivity index (χ0) is 8.91. The fraction of sp³-hybridized carbons (Fsp3) is 1.00. The van der Waals surface area contributed by atoms with E-state index < -0.39 is 8.32 Å². The normalized spacial score (nSPS) is 12.5. The van der Waals surface area contributed by atoms with Gasteiger partial charge in [0.1, 0.15) is 0 Å². The molecule has 0 saturated heterocycles. The second-order valence-corrected chi connectivity index (χ2v) is 11.3. The van der Waals surface area contributed by atoms with Crippen molar-refractivity contribution in [1.29, 1.82) is 0 Å². The Morgan fingerprint density at radius 1 is 1.36 bits per heavy atom. The first-order valence-electron chi connectivity index (χ1n) is 3.97. The van der Waals surface area contributed by atoms with Crippen molar-refractivity contribution in [2.24, 2.45) is 0 Å². The summed E-state index contributed by atoms with van der Waals surface area (Å²) in [5, 5.41) is 0. The van der Waals surface area contributed by atoms with Crippen LogP contribution in [0.1, 0.15) is 0 Å². The molecule has 0 saturated carbocycles. The fourth-order valence-electron chi connectivity index (χ4n) is 0.563. The molecule has 0 aromatic carbocycles. The van der Waals surface area contributed by atoms with Gasteiger partial charge < -0.3 is 0 Å². The Bertz CT molecular complexity index is 109. The van der Waals surface area contributed by atoms with Crippen molar-refractivity contribution < 1.29 is 4.43 Å². The molecule has 0 rings (SSSR count). The molecule has 2 nitrogen and oxygen atoms in total. The van der Waals surface area contributed by atoms with Crippen molar-refractivity contribution in [3.63, 3.8) is 0 Å². The standard InChI is InChI=1S/C7H18NOSi.Sn.H/c1-8(2)6-7-9-10(3,4)5;;/h3,6-7H2,1-2,4-5H3;;. The van der Waals surface area contributed by atoms with Crippen molar-refractivity contribution in [2.45, 2.75) is 17.2 Å². The number of rotatable bonds is 5. The van der Waals surface area contributed by atoms with E-state index in [0.29, 0.717) is 0 Å². The van der Waals surface area contributed by atoms with Gasteiger partial charge in [0.05, 0.1) is 0 Å². The van der Waals surface area contributed by atoms with Gasteiger partial charge in [-0.2, -0.15) is 0 Å². The van der Waals surface area contributed by atoms with Crippen molar-refractivity contribution in [3.05, 3.63) is 0 Å². The molecule has 4 heteroatoms. The Hall–Kier alpha value is 0.936. The zero-order valence-corrected chi connectivity index (χ0v) is 12.3. The maximum absolute atomic E-state index is 5.82. The minimum absolute atomic E-state index is 0.910. The van der Waals surface area contributed by atoms with Crippen molar-refractivity contribution in [2.75, 3.05) is 27.2 Å². The van der Waals surface area contributed by atoms with Gasteiger partial charge in [0.2, 0.25) is 0 Å². The van der Waals surface area contributed by atoms with E-state index in [-0.39, 0.29) is 0 Å².